The van der Waals surface area contributed by atoms with Crippen molar-refractivity contribution in [3.63, 3.8) is 0 Å². The van der Waals surface area contributed by atoms with E-state index in [2.05, 4.69) is 0 Å². The predicted octanol–water partition coefficient (Wildman–Crippen LogP) is 2.92. The number of hydrogen-bond acceptors (Lipinski definition) is 2. The molecule has 0 radical (unpaired) electrons. The second kappa shape index (κ2) is 4.10. The molecule has 1 aromatic carbocycles. The highest BCUT2D eigenvalue weighted by Crippen LogP contribution is 2.27. The van der Waals surface area contributed by atoms with E-state index >= 15 is 0 Å². The molecule has 0 saturated heterocycles. The highest BCUT2D eigenvalue weighted by molar-refractivity contribution is 7.86. The summed E-state index contributed by atoms with van der Waals surface area (Å²) in [5, 5.41) is 0.511. The number of rotatable bonds is 3. The smallest absolute Gasteiger partial charge is 0.195 e. The van der Waals surface area contributed by atoms with Gasteiger partial charge in [-0.1, -0.05) is 37.6 Å². The molecule has 0 spiro atoms. The van der Waals surface area contributed by atoms with Crippen molar-refractivity contribution < 1.29 is 12.3 Å². The molecule has 0 heterocycles. The Hall–Kier alpha value is -0.610. The van der Waals surface area contributed by atoms with Crippen LogP contribution in [0.3, 0.4) is 0 Å². The molecule has 0 bridgehead atoms. The molecule has 0 N–H and O–H groups in total. The SMILES string of the molecule is CC(C)(CS(=O)(=O)F)c1cccc(Cl)c1. The van der Waals surface area contributed by atoms with Crippen molar-refractivity contribution >= 4 is 21.8 Å². The van der Waals surface area contributed by atoms with Gasteiger partial charge in [-0.3, -0.25) is 0 Å². The zero-order valence-electron chi connectivity index (χ0n) is 8.50. The largest absolute Gasteiger partial charge is 0.303 e. The van der Waals surface area contributed by atoms with E-state index in [1.165, 1.54) is 0 Å². The van der Waals surface area contributed by atoms with Crippen LogP contribution in [0.2, 0.25) is 5.02 Å². The molecule has 0 aliphatic rings. The van der Waals surface area contributed by atoms with Crippen LogP contribution in [0, 0.1) is 0 Å². The fourth-order valence-electron chi connectivity index (χ4n) is 1.42. The van der Waals surface area contributed by atoms with Gasteiger partial charge in [-0.25, -0.2) is 0 Å². The van der Waals surface area contributed by atoms with Crippen molar-refractivity contribution in [2.45, 2.75) is 19.3 Å². The third kappa shape index (κ3) is 3.80. The highest BCUT2D eigenvalue weighted by atomic mass is 35.5. The van der Waals surface area contributed by atoms with Crippen LogP contribution in [0.25, 0.3) is 0 Å². The molecule has 0 unspecified atom stereocenters. The first kappa shape index (κ1) is 12.5. The van der Waals surface area contributed by atoms with Crippen molar-refractivity contribution in [3.05, 3.63) is 34.9 Å². The number of halogens is 2. The van der Waals surface area contributed by atoms with Gasteiger partial charge >= 0.3 is 10.2 Å². The molecule has 84 valence electrons. The summed E-state index contributed by atoms with van der Waals surface area (Å²) in [4.78, 5) is 0. The average molecular weight is 251 g/mol. The van der Waals surface area contributed by atoms with Gasteiger partial charge in [-0.15, -0.1) is 3.89 Å². The maximum atomic E-state index is 12.6. The molecule has 15 heavy (non-hydrogen) atoms. The Morgan fingerprint density at radius 1 is 1.40 bits per heavy atom. The van der Waals surface area contributed by atoms with Crippen LogP contribution in [-0.2, 0) is 15.6 Å². The van der Waals surface area contributed by atoms with Crippen molar-refractivity contribution in [3.8, 4) is 0 Å². The lowest BCUT2D eigenvalue weighted by Crippen LogP contribution is -2.26. The zero-order valence-corrected chi connectivity index (χ0v) is 10.1. The summed E-state index contributed by atoms with van der Waals surface area (Å²) < 4.78 is 33.8. The van der Waals surface area contributed by atoms with Gasteiger partial charge in [0.15, 0.2) is 0 Å². The van der Waals surface area contributed by atoms with Gasteiger partial charge in [-0.2, -0.15) is 8.42 Å². The summed E-state index contributed by atoms with van der Waals surface area (Å²) in [5.41, 5.74) is -0.0744. The standard InChI is InChI=1S/C10H12ClFO2S/c1-10(2,7-15(12,13)14)8-4-3-5-9(11)6-8/h3-6H,7H2,1-2H3. The van der Waals surface area contributed by atoms with E-state index in [0.29, 0.717) is 10.6 Å². The average Bonchev–Trinajstić information content (AvgIpc) is 1.99. The third-order valence-electron chi connectivity index (χ3n) is 2.14. The van der Waals surface area contributed by atoms with Gasteiger partial charge in [0.2, 0.25) is 0 Å². The van der Waals surface area contributed by atoms with Crippen LogP contribution in [-0.4, -0.2) is 14.2 Å². The van der Waals surface area contributed by atoms with Crippen LogP contribution >= 0.6 is 11.6 Å². The van der Waals surface area contributed by atoms with Gasteiger partial charge in [0.25, 0.3) is 0 Å². The van der Waals surface area contributed by atoms with E-state index in [1.54, 1.807) is 38.1 Å². The summed E-state index contributed by atoms with van der Waals surface area (Å²) in [6.07, 6.45) is 0. The van der Waals surface area contributed by atoms with E-state index < -0.39 is 21.4 Å². The minimum atomic E-state index is -4.49. The van der Waals surface area contributed by atoms with Crippen molar-refractivity contribution in [1.82, 2.24) is 0 Å². The fraction of sp³-hybridized carbons (Fsp3) is 0.400. The van der Waals surface area contributed by atoms with Gasteiger partial charge in [0.1, 0.15) is 0 Å². The molecular weight excluding hydrogens is 239 g/mol. The number of benzene rings is 1. The lowest BCUT2D eigenvalue weighted by atomic mass is 9.87. The summed E-state index contributed by atoms with van der Waals surface area (Å²) in [6.45, 7) is 3.32. The Balaban J connectivity index is 3.06. The summed E-state index contributed by atoms with van der Waals surface area (Å²) in [7, 11) is -4.49. The van der Waals surface area contributed by atoms with Crippen LogP contribution in [0.1, 0.15) is 19.4 Å². The molecule has 1 rings (SSSR count). The Labute approximate surface area is 94.3 Å². The first-order valence-electron chi connectivity index (χ1n) is 4.39. The van der Waals surface area contributed by atoms with Crippen LogP contribution in [0.4, 0.5) is 3.89 Å². The van der Waals surface area contributed by atoms with Gasteiger partial charge in [0, 0.05) is 10.4 Å². The summed E-state index contributed by atoms with van der Waals surface area (Å²) >= 11 is 5.78. The first-order chi connectivity index (χ1) is 6.71. The first-order valence-corrected chi connectivity index (χ1v) is 6.32. The minimum Gasteiger partial charge on any atom is -0.195 e. The van der Waals surface area contributed by atoms with E-state index in [4.69, 9.17) is 11.6 Å². The van der Waals surface area contributed by atoms with Gasteiger partial charge in [0.05, 0.1) is 5.75 Å². The second-order valence-electron chi connectivity index (χ2n) is 4.08. The molecule has 0 fully saturated rings. The molecule has 5 heteroatoms. The molecule has 0 aliphatic carbocycles. The Kier molecular flexibility index (Phi) is 3.41. The zero-order chi connectivity index (χ0) is 11.7. The lowest BCUT2D eigenvalue weighted by molar-refractivity contribution is 0.515. The van der Waals surface area contributed by atoms with Gasteiger partial charge in [-0.05, 0) is 17.7 Å². The molecular formula is C10H12ClFO2S. The maximum absolute atomic E-state index is 12.6. The summed E-state index contributed by atoms with van der Waals surface area (Å²) in [5.74, 6) is -0.541. The van der Waals surface area contributed by atoms with Gasteiger partial charge < -0.3 is 0 Å². The third-order valence-corrected chi connectivity index (χ3v) is 3.44. The van der Waals surface area contributed by atoms with E-state index in [-0.39, 0.29) is 0 Å². The Morgan fingerprint density at radius 2 is 2.00 bits per heavy atom. The highest BCUT2D eigenvalue weighted by Gasteiger charge is 2.27. The fourth-order valence-corrected chi connectivity index (χ4v) is 2.64. The lowest BCUT2D eigenvalue weighted by Gasteiger charge is -2.23. The Morgan fingerprint density at radius 3 is 2.47 bits per heavy atom. The van der Waals surface area contributed by atoms with Crippen LogP contribution < -0.4 is 0 Å². The maximum Gasteiger partial charge on any atom is 0.303 e. The predicted molar refractivity (Wildman–Crippen MR) is 59.4 cm³/mol. The monoisotopic (exact) mass is 250 g/mol. The molecule has 2 nitrogen and oxygen atoms in total. The normalized spacial score (nSPS) is 12.8. The van der Waals surface area contributed by atoms with Crippen LogP contribution in [0.15, 0.2) is 24.3 Å². The molecule has 0 aromatic heterocycles. The van der Waals surface area contributed by atoms with Crippen molar-refractivity contribution in [2.24, 2.45) is 0 Å². The number of hydrogen-bond donors (Lipinski definition) is 0. The summed E-state index contributed by atoms with van der Waals surface area (Å²) in [6, 6.07) is 6.78. The Bertz CT molecular complexity index is 454. The van der Waals surface area contributed by atoms with Crippen molar-refractivity contribution in [2.75, 3.05) is 5.75 Å². The van der Waals surface area contributed by atoms with E-state index in [9.17, 15) is 12.3 Å². The van der Waals surface area contributed by atoms with Crippen molar-refractivity contribution in [1.29, 1.82) is 0 Å². The quantitative estimate of drug-likeness (QED) is 0.773. The van der Waals surface area contributed by atoms with E-state index in [0.717, 1.165) is 0 Å². The van der Waals surface area contributed by atoms with E-state index in [1.807, 2.05) is 0 Å². The molecule has 0 amide bonds. The molecule has 0 aliphatic heterocycles. The molecule has 0 saturated carbocycles. The van der Waals surface area contributed by atoms with Crippen LogP contribution in [0.5, 0.6) is 0 Å². The molecule has 1 aromatic rings. The second-order valence-corrected chi connectivity index (χ2v) is 5.88. The topological polar surface area (TPSA) is 34.1 Å². The molecule has 0 atom stereocenters. The minimum absolute atomic E-state index is 0.511.